The summed E-state index contributed by atoms with van der Waals surface area (Å²) in [6.07, 6.45) is 6.42. The molecule has 1 aliphatic rings. The third-order valence-electron chi connectivity index (χ3n) is 3.90. The van der Waals surface area contributed by atoms with E-state index in [0.717, 1.165) is 30.1 Å². The Hall–Kier alpha value is -1.55. The van der Waals surface area contributed by atoms with Crippen molar-refractivity contribution in [1.29, 1.82) is 0 Å². The van der Waals surface area contributed by atoms with Crippen molar-refractivity contribution in [2.45, 2.75) is 25.7 Å². The van der Waals surface area contributed by atoms with Crippen LogP contribution in [-0.2, 0) is 0 Å². The highest BCUT2D eigenvalue weighted by Crippen LogP contribution is 2.26. The fraction of sp³-hybridized carbons (Fsp3) is 0.500. The van der Waals surface area contributed by atoms with Gasteiger partial charge in [0.2, 0.25) is 0 Å². The van der Waals surface area contributed by atoms with Gasteiger partial charge in [-0.1, -0.05) is 6.92 Å². The zero-order valence-corrected chi connectivity index (χ0v) is 10.8. The average molecular weight is 244 g/mol. The van der Waals surface area contributed by atoms with Crippen LogP contribution in [0.15, 0.2) is 24.5 Å². The molecule has 1 unspecified atom stereocenters. The molecule has 2 aromatic rings. The molecule has 0 radical (unpaired) electrons. The van der Waals surface area contributed by atoms with Crippen LogP contribution in [0, 0.1) is 0 Å². The lowest BCUT2D eigenvalue weighted by Crippen LogP contribution is -2.34. The maximum absolute atomic E-state index is 5.88. The molecule has 3 heterocycles. The molecule has 3 rings (SSSR count). The summed E-state index contributed by atoms with van der Waals surface area (Å²) in [5.41, 5.74) is 7.80. The molecule has 2 N–H and O–H groups in total. The molecular formula is C14H20N4. The Morgan fingerprint density at radius 3 is 3.17 bits per heavy atom. The van der Waals surface area contributed by atoms with Gasteiger partial charge in [0.15, 0.2) is 0 Å². The fourth-order valence-corrected chi connectivity index (χ4v) is 2.88. The van der Waals surface area contributed by atoms with Gasteiger partial charge in [-0.05, 0) is 38.1 Å². The van der Waals surface area contributed by atoms with E-state index in [9.17, 15) is 0 Å². The lowest BCUT2D eigenvalue weighted by Gasteiger charge is -2.31. The number of hydrogen-bond donors (Lipinski definition) is 1. The number of nitrogen functional groups attached to an aromatic ring is 1. The molecule has 1 fully saturated rings. The predicted octanol–water partition coefficient (Wildman–Crippen LogP) is 2.12. The molecule has 0 aromatic carbocycles. The van der Waals surface area contributed by atoms with Gasteiger partial charge < -0.3 is 15.0 Å². The number of rotatable bonds is 2. The van der Waals surface area contributed by atoms with E-state index in [0.29, 0.717) is 5.92 Å². The molecule has 2 aromatic heterocycles. The molecule has 0 bridgehead atoms. The van der Waals surface area contributed by atoms with Crippen LogP contribution in [0.3, 0.4) is 0 Å². The second-order valence-corrected chi connectivity index (χ2v) is 5.11. The molecule has 0 aliphatic carbocycles. The summed E-state index contributed by atoms with van der Waals surface area (Å²) in [4.78, 5) is 7.11. The number of aromatic nitrogens is 2. The second kappa shape index (κ2) is 4.61. The SMILES string of the molecule is CCN1CCCC(c2ncc3ccc(N)cn23)C1. The normalized spacial score (nSPS) is 21.5. The van der Waals surface area contributed by atoms with Gasteiger partial charge in [0.25, 0.3) is 0 Å². The highest BCUT2D eigenvalue weighted by molar-refractivity contribution is 5.52. The van der Waals surface area contributed by atoms with Crippen molar-refractivity contribution in [2.75, 3.05) is 25.4 Å². The number of hydrogen-bond acceptors (Lipinski definition) is 3. The first-order chi connectivity index (χ1) is 8.78. The molecule has 1 atom stereocenters. The average Bonchev–Trinajstić information content (AvgIpc) is 2.81. The van der Waals surface area contributed by atoms with E-state index in [2.05, 4.69) is 21.2 Å². The van der Waals surface area contributed by atoms with Gasteiger partial charge in [0.05, 0.1) is 11.7 Å². The Balaban J connectivity index is 1.96. The van der Waals surface area contributed by atoms with E-state index in [4.69, 9.17) is 5.73 Å². The minimum absolute atomic E-state index is 0.531. The molecule has 4 nitrogen and oxygen atoms in total. The van der Waals surface area contributed by atoms with Crippen LogP contribution in [0.5, 0.6) is 0 Å². The van der Waals surface area contributed by atoms with E-state index in [1.165, 1.54) is 19.4 Å². The highest BCUT2D eigenvalue weighted by atomic mass is 15.1. The zero-order valence-electron chi connectivity index (χ0n) is 10.8. The minimum atomic E-state index is 0.531. The Morgan fingerprint density at radius 2 is 2.33 bits per heavy atom. The maximum atomic E-state index is 5.88. The molecule has 96 valence electrons. The Kier molecular flexibility index (Phi) is 2.96. The summed E-state index contributed by atoms with van der Waals surface area (Å²) >= 11 is 0. The minimum Gasteiger partial charge on any atom is -0.398 e. The van der Waals surface area contributed by atoms with Crippen molar-refractivity contribution in [3.05, 3.63) is 30.4 Å². The molecule has 1 aliphatic heterocycles. The summed E-state index contributed by atoms with van der Waals surface area (Å²) in [6.45, 7) is 5.69. The molecular weight excluding hydrogens is 224 g/mol. The first-order valence-corrected chi connectivity index (χ1v) is 6.72. The van der Waals surface area contributed by atoms with E-state index in [1.807, 2.05) is 24.5 Å². The number of piperidine rings is 1. The van der Waals surface area contributed by atoms with Crippen LogP contribution in [-0.4, -0.2) is 33.9 Å². The lowest BCUT2D eigenvalue weighted by molar-refractivity contribution is 0.213. The Bertz CT molecular complexity index is 546. The number of likely N-dealkylation sites (tertiary alicyclic amines) is 1. The third kappa shape index (κ3) is 1.97. The van der Waals surface area contributed by atoms with Crippen LogP contribution in [0.1, 0.15) is 31.5 Å². The van der Waals surface area contributed by atoms with E-state index >= 15 is 0 Å². The van der Waals surface area contributed by atoms with Crippen LogP contribution in [0.4, 0.5) is 5.69 Å². The predicted molar refractivity (Wildman–Crippen MR) is 73.7 cm³/mol. The van der Waals surface area contributed by atoms with Gasteiger partial charge in [-0.15, -0.1) is 0 Å². The van der Waals surface area contributed by atoms with Gasteiger partial charge in [-0.3, -0.25) is 0 Å². The van der Waals surface area contributed by atoms with Crippen LogP contribution in [0.2, 0.25) is 0 Å². The Morgan fingerprint density at radius 1 is 1.44 bits per heavy atom. The van der Waals surface area contributed by atoms with Gasteiger partial charge in [0, 0.05) is 24.3 Å². The number of fused-ring (bicyclic) bond motifs is 1. The standard InChI is InChI=1S/C14H20N4/c1-2-17-7-3-4-11(9-17)14-16-8-13-6-5-12(15)10-18(13)14/h5-6,8,10-11H,2-4,7,9,15H2,1H3. The monoisotopic (exact) mass is 244 g/mol. The zero-order chi connectivity index (χ0) is 12.5. The Labute approximate surface area is 107 Å². The number of nitrogens with two attached hydrogens (primary N) is 1. The van der Waals surface area contributed by atoms with Crippen molar-refractivity contribution >= 4 is 11.2 Å². The smallest absolute Gasteiger partial charge is 0.117 e. The van der Waals surface area contributed by atoms with Crippen LogP contribution < -0.4 is 5.73 Å². The fourth-order valence-electron chi connectivity index (χ4n) is 2.88. The van der Waals surface area contributed by atoms with Crippen molar-refractivity contribution < 1.29 is 0 Å². The van der Waals surface area contributed by atoms with E-state index in [-0.39, 0.29) is 0 Å². The number of anilines is 1. The van der Waals surface area contributed by atoms with Crippen molar-refractivity contribution in [3.8, 4) is 0 Å². The quantitative estimate of drug-likeness (QED) is 0.880. The molecule has 0 spiro atoms. The van der Waals surface area contributed by atoms with Crippen molar-refractivity contribution in [2.24, 2.45) is 0 Å². The second-order valence-electron chi connectivity index (χ2n) is 5.11. The maximum Gasteiger partial charge on any atom is 0.117 e. The summed E-state index contributed by atoms with van der Waals surface area (Å²) in [5, 5.41) is 0. The van der Waals surface area contributed by atoms with Gasteiger partial charge in [0.1, 0.15) is 5.82 Å². The largest absolute Gasteiger partial charge is 0.398 e. The van der Waals surface area contributed by atoms with E-state index in [1.54, 1.807) is 0 Å². The van der Waals surface area contributed by atoms with Crippen molar-refractivity contribution in [3.63, 3.8) is 0 Å². The van der Waals surface area contributed by atoms with Crippen LogP contribution >= 0.6 is 0 Å². The summed E-state index contributed by atoms with van der Waals surface area (Å²) in [6, 6.07) is 3.96. The molecule has 0 amide bonds. The topological polar surface area (TPSA) is 46.6 Å². The molecule has 1 saturated heterocycles. The summed E-state index contributed by atoms with van der Waals surface area (Å²) in [7, 11) is 0. The number of imidazole rings is 1. The number of nitrogens with zero attached hydrogens (tertiary/aromatic N) is 3. The number of likely N-dealkylation sites (N-methyl/N-ethyl adjacent to an activating group) is 1. The lowest BCUT2D eigenvalue weighted by atomic mass is 9.97. The summed E-state index contributed by atoms with van der Waals surface area (Å²) < 4.78 is 2.15. The number of pyridine rings is 1. The first-order valence-electron chi connectivity index (χ1n) is 6.72. The van der Waals surface area contributed by atoms with Crippen LogP contribution in [0.25, 0.3) is 5.52 Å². The third-order valence-corrected chi connectivity index (χ3v) is 3.90. The van der Waals surface area contributed by atoms with E-state index < -0.39 is 0 Å². The molecule has 18 heavy (non-hydrogen) atoms. The van der Waals surface area contributed by atoms with Gasteiger partial charge in [-0.25, -0.2) is 4.98 Å². The molecule has 0 saturated carbocycles. The van der Waals surface area contributed by atoms with Crippen molar-refractivity contribution in [1.82, 2.24) is 14.3 Å². The van der Waals surface area contributed by atoms with Gasteiger partial charge in [-0.2, -0.15) is 0 Å². The molecule has 4 heteroatoms. The van der Waals surface area contributed by atoms with Gasteiger partial charge >= 0.3 is 0 Å². The summed E-state index contributed by atoms with van der Waals surface area (Å²) in [5.74, 6) is 1.69. The highest BCUT2D eigenvalue weighted by Gasteiger charge is 2.23. The first kappa shape index (κ1) is 11.5.